The van der Waals surface area contributed by atoms with Gasteiger partial charge in [0.25, 0.3) is 0 Å². The minimum atomic E-state index is -0.616. The number of ketones is 2. The number of aliphatic hydroxyl groups is 1. The summed E-state index contributed by atoms with van der Waals surface area (Å²) in [6, 6.07) is 10.4. The van der Waals surface area contributed by atoms with Gasteiger partial charge < -0.3 is 5.11 Å². The normalized spacial score (nSPS) is 15.0. The van der Waals surface area contributed by atoms with Crippen LogP contribution < -0.4 is 0 Å². The summed E-state index contributed by atoms with van der Waals surface area (Å²) in [5.41, 5.74) is 1.21. The van der Waals surface area contributed by atoms with E-state index in [4.69, 9.17) is 0 Å². The fourth-order valence-electron chi connectivity index (χ4n) is 2.46. The zero-order valence-corrected chi connectivity index (χ0v) is 11.8. The van der Waals surface area contributed by atoms with Gasteiger partial charge in [0.15, 0.2) is 11.5 Å². The molecule has 1 N–H and O–H groups in total. The number of aliphatic hydroxyl groups excluding tert-OH is 1. The number of allylic oxidation sites excluding steroid dienone is 2. The predicted octanol–water partition coefficient (Wildman–Crippen LogP) is 2.39. The van der Waals surface area contributed by atoms with Crippen LogP contribution in [0.1, 0.15) is 26.3 Å². The Morgan fingerprint density at radius 1 is 1.05 bits per heavy atom. The Labute approximate surface area is 126 Å². The number of hydrogen-bond acceptors (Lipinski definition) is 5. The lowest BCUT2D eigenvalue weighted by molar-refractivity contribution is 0.0934. The highest BCUT2D eigenvalue weighted by atomic mass is 16.3. The van der Waals surface area contributed by atoms with Crippen molar-refractivity contribution in [3.63, 3.8) is 0 Å². The maximum absolute atomic E-state index is 12.7. The summed E-state index contributed by atoms with van der Waals surface area (Å²) >= 11 is 0. The minimum Gasteiger partial charge on any atom is -0.504 e. The minimum absolute atomic E-state index is 0.0719. The van der Waals surface area contributed by atoms with E-state index in [0.717, 1.165) is 0 Å². The molecule has 0 amide bonds. The SMILES string of the molecule is CN=C(C1=C(O)C(=O)c2cnccc2C1=O)c1ccccc1. The van der Waals surface area contributed by atoms with Gasteiger partial charge >= 0.3 is 0 Å². The Bertz CT molecular complexity index is 836. The Morgan fingerprint density at radius 3 is 2.45 bits per heavy atom. The number of pyridine rings is 1. The Hall–Kier alpha value is -3.08. The van der Waals surface area contributed by atoms with Crippen molar-refractivity contribution in [2.75, 3.05) is 7.05 Å². The highest BCUT2D eigenvalue weighted by Gasteiger charge is 2.35. The van der Waals surface area contributed by atoms with E-state index in [1.54, 1.807) is 24.3 Å². The topological polar surface area (TPSA) is 79.6 Å². The molecule has 0 saturated heterocycles. The number of fused-ring (bicyclic) bond motifs is 1. The fraction of sp³-hybridized carbons (Fsp3) is 0.0588. The van der Waals surface area contributed by atoms with Gasteiger partial charge in [0.05, 0.1) is 16.8 Å². The summed E-state index contributed by atoms with van der Waals surface area (Å²) in [6.45, 7) is 0. The summed E-state index contributed by atoms with van der Waals surface area (Å²) in [5, 5.41) is 10.2. The second-order valence-corrected chi connectivity index (χ2v) is 4.74. The van der Waals surface area contributed by atoms with Crippen LogP contribution in [0.15, 0.2) is 65.1 Å². The number of benzene rings is 1. The molecule has 0 bridgehead atoms. The van der Waals surface area contributed by atoms with Gasteiger partial charge in [0, 0.05) is 30.6 Å². The monoisotopic (exact) mass is 292 g/mol. The summed E-state index contributed by atoms with van der Waals surface area (Å²) < 4.78 is 0. The third-order valence-electron chi connectivity index (χ3n) is 3.50. The van der Waals surface area contributed by atoms with Crippen molar-refractivity contribution in [1.29, 1.82) is 0 Å². The van der Waals surface area contributed by atoms with Crippen LogP contribution in [-0.4, -0.2) is 34.4 Å². The van der Waals surface area contributed by atoms with Crippen molar-refractivity contribution in [1.82, 2.24) is 4.98 Å². The molecule has 1 aliphatic carbocycles. The highest BCUT2D eigenvalue weighted by Crippen LogP contribution is 2.27. The van der Waals surface area contributed by atoms with E-state index >= 15 is 0 Å². The average molecular weight is 292 g/mol. The first kappa shape index (κ1) is 13.9. The van der Waals surface area contributed by atoms with Crippen LogP contribution in [0.4, 0.5) is 0 Å². The van der Waals surface area contributed by atoms with Crippen LogP contribution in [-0.2, 0) is 0 Å². The van der Waals surface area contributed by atoms with Gasteiger partial charge in [0.2, 0.25) is 5.78 Å². The number of hydrogen-bond donors (Lipinski definition) is 1. The van der Waals surface area contributed by atoms with Crippen molar-refractivity contribution in [2.45, 2.75) is 0 Å². The molecule has 5 heteroatoms. The number of aliphatic imine (C=N–C) groups is 1. The molecule has 0 aliphatic heterocycles. The van der Waals surface area contributed by atoms with Crippen molar-refractivity contribution in [3.05, 3.63) is 76.8 Å². The molecule has 1 heterocycles. The molecule has 1 aliphatic rings. The molecule has 1 aromatic carbocycles. The smallest absolute Gasteiger partial charge is 0.230 e. The first-order chi connectivity index (χ1) is 10.6. The quantitative estimate of drug-likeness (QED) is 0.862. The van der Waals surface area contributed by atoms with Crippen LogP contribution in [0.3, 0.4) is 0 Å². The molecule has 108 valence electrons. The van der Waals surface area contributed by atoms with E-state index in [9.17, 15) is 14.7 Å². The number of rotatable bonds is 2. The molecule has 0 unspecified atom stereocenters. The summed E-state index contributed by atoms with van der Waals surface area (Å²) in [6.07, 6.45) is 2.73. The summed E-state index contributed by atoms with van der Waals surface area (Å²) in [4.78, 5) is 32.9. The standard InChI is InChI=1S/C17H12N2O3/c1-18-14(10-5-3-2-4-6-10)13-15(20)11-7-8-19-9-12(11)16(21)17(13)22/h2-9,22H,1H3. The van der Waals surface area contributed by atoms with Gasteiger partial charge in [-0.2, -0.15) is 0 Å². The number of carbonyl (C=O) groups excluding carboxylic acids is 2. The molecule has 2 aromatic rings. The van der Waals surface area contributed by atoms with Gasteiger partial charge in [-0.15, -0.1) is 0 Å². The molecule has 0 atom stereocenters. The van der Waals surface area contributed by atoms with Gasteiger partial charge in [-0.1, -0.05) is 30.3 Å². The predicted molar refractivity (Wildman–Crippen MR) is 81.5 cm³/mol. The van der Waals surface area contributed by atoms with E-state index in [-0.39, 0.29) is 16.7 Å². The van der Waals surface area contributed by atoms with Crippen LogP contribution in [0.2, 0.25) is 0 Å². The third-order valence-corrected chi connectivity index (χ3v) is 3.50. The zero-order chi connectivity index (χ0) is 15.7. The van der Waals surface area contributed by atoms with E-state index in [0.29, 0.717) is 11.3 Å². The number of nitrogens with zero attached hydrogens (tertiary/aromatic N) is 2. The van der Waals surface area contributed by atoms with Gasteiger partial charge in [-0.05, 0) is 6.07 Å². The number of aromatic nitrogens is 1. The van der Waals surface area contributed by atoms with Gasteiger partial charge in [0.1, 0.15) is 0 Å². The van der Waals surface area contributed by atoms with Crippen LogP contribution in [0.25, 0.3) is 0 Å². The molecule has 0 radical (unpaired) electrons. The van der Waals surface area contributed by atoms with E-state index in [1.165, 1.54) is 25.5 Å². The molecule has 0 fully saturated rings. The molecular formula is C17H12N2O3. The molecule has 5 nitrogen and oxygen atoms in total. The van der Waals surface area contributed by atoms with Crippen molar-refractivity contribution in [2.24, 2.45) is 4.99 Å². The van der Waals surface area contributed by atoms with Crippen molar-refractivity contribution in [3.8, 4) is 0 Å². The highest BCUT2D eigenvalue weighted by molar-refractivity contribution is 6.39. The Morgan fingerprint density at radius 2 is 1.77 bits per heavy atom. The lowest BCUT2D eigenvalue weighted by atomic mass is 9.85. The first-order valence-electron chi connectivity index (χ1n) is 6.64. The molecule has 0 spiro atoms. The summed E-state index contributed by atoms with van der Waals surface area (Å²) in [5.74, 6) is -1.64. The molecule has 1 aromatic heterocycles. The molecule has 3 rings (SSSR count). The maximum Gasteiger partial charge on any atom is 0.230 e. The van der Waals surface area contributed by atoms with Crippen molar-refractivity contribution < 1.29 is 14.7 Å². The van der Waals surface area contributed by atoms with Crippen molar-refractivity contribution >= 4 is 17.3 Å². The third kappa shape index (κ3) is 2.03. The van der Waals surface area contributed by atoms with Crippen LogP contribution in [0, 0.1) is 0 Å². The molecular weight excluding hydrogens is 280 g/mol. The molecule has 22 heavy (non-hydrogen) atoms. The lowest BCUT2D eigenvalue weighted by Crippen LogP contribution is -2.27. The maximum atomic E-state index is 12.7. The van der Waals surface area contributed by atoms with Gasteiger partial charge in [-0.25, -0.2) is 0 Å². The zero-order valence-electron chi connectivity index (χ0n) is 11.8. The number of Topliss-reactive ketones (excluding diaryl/α,β-unsaturated/α-hetero) is 2. The Kier molecular flexibility index (Phi) is 3.39. The largest absolute Gasteiger partial charge is 0.504 e. The summed E-state index contributed by atoms with van der Waals surface area (Å²) in [7, 11) is 1.52. The van der Waals surface area contributed by atoms with Crippen LogP contribution >= 0.6 is 0 Å². The van der Waals surface area contributed by atoms with Gasteiger partial charge in [-0.3, -0.25) is 19.6 Å². The Balaban J connectivity index is 2.21. The second-order valence-electron chi connectivity index (χ2n) is 4.74. The fourth-order valence-corrected chi connectivity index (χ4v) is 2.46. The number of carbonyl (C=O) groups is 2. The average Bonchev–Trinajstić information content (AvgIpc) is 2.57. The first-order valence-corrected chi connectivity index (χ1v) is 6.64. The molecule has 0 saturated carbocycles. The van der Waals surface area contributed by atoms with E-state index in [2.05, 4.69) is 9.98 Å². The lowest BCUT2D eigenvalue weighted by Gasteiger charge is -2.18. The van der Waals surface area contributed by atoms with Crippen LogP contribution in [0.5, 0.6) is 0 Å². The second kappa shape index (κ2) is 5.37. The van der Waals surface area contributed by atoms with E-state index in [1.807, 2.05) is 6.07 Å². The van der Waals surface area contributed by atoms with E-state index < -0.39 is 17.3 Å².